The van der Waals surface area contributed by atoms with Crippen molar-refractivity contribution < 1.29 is 9.53 Å². The van der Waals surface area contributed by atoms with E-state index in [1.807, 2.05) is 50.7 Å². The zero-order chi connectivity index (χ0) is 20.3. The monoisotopic (exact) mass is 401 g/mol. The van der Waals surface area contributed by atoms with E-state index in [-0.39, 0.29) is 12.6 Å². The third kappa shape index (κ3) is 4.54. The first-order valence-electron chi connectivity index (χ1n) is 9.11. The largest absolute Gasteiger partial charge is 0.471 e. The molecule has 2 aromatic heterocycles. The Bertz CT molecular complexity index is 969. The third-order valence-electron chi connectivity index (χ3n) is 4.46. The summed E-state index contributed by atoms with van der Waals surface area (Å²) in [6.45, 7) is 9.24. The summed E-state index contributed by atoms with van der Waals surface area (Å²) in [7, 11) is 0. The molecule has 1 aromatic carbocycles. The fourth-order valence-electron chi connectivity index (χ4n) is 2.85. The standard InChI is InChI=1S/C20H24ClN5O2/c1-5-25-11-16(15(4)23-25)10-22-20(27)18-6-7-26(24-18)12-28-17-8-13(2)19(21)14(3)9-17/h6-9,11H,5,10,12H2,1-4H3,(H,22,27). The van der Waals surface area contributed by atoms with Gasteiger partial charge >= 0.3 is 0 Å². The van der Waals surface area contributed by atoms with Gasteiger partial charge in [-0.1, -0.05) is 11.6 Å². The van der Waals surface area contributed by atoms with E-state index < -0.39 is 0 Å². The van der Waals surface area contributed by atoms with Crippen molar-refractivity contribution in [2.24, 2.45) is 0 Å². The van der Waals surface area contributed by atoms with Crippen molar-refractivity contribution in [3.8, 4) is 5.75 Å². The van der Waals surface area contributed by atoms with E-state index in [2.05, 4.69) is 15.5 Å². The first-order chi connectivity index (χ1) is 13.4. The minimum absolute atomic E-state index is 0.205. The number of nitrogens with zero attached hydrogens (tertiary/aromatic N) is 4. The number of nitrogens with one attached hydrogen (secondary N) is 1. The van der Waals surface area contributed by atoms with Crippen LogP contribution in [0.4, 0.5) is 0 Å². The summed E-state index contributed by atoms with van der Waals surface area (Å²) in [6, 6.07) is 5.43. The molecule has 7 nitrogen and oxygen atoms in total. The Labute approximate surface area is 169 Å². The Balaban J connectivity index is 1.57. The molecule has 0 spiro atoms. The van der Waals surface area contributed by atoms with E-state index in [0.717, 1.165) is 34.0 Å². The molecule has 0 fully saturated rings. The molecule has 0 aliphatic rings. The summed E-state index contributed by atoms with van der Waals surface area (Å²) in [5, 5.41) is 12.3. The first kappa shape index (κ1) is 19.9. The molecule has 0 aliphatic heterocycles. The van der Waals surface area contributed by atoms with Gasteiger partial charge in [0.2, 0.25) is 0 Å². The number of halogens is 1. The van der Waals surface area contributed by atoms with Crippen LogP contribution in [0.1, 0.15) is 39.8 Å². The number of hydrogen-bond donors (Lipinski definition) is 1. The Morgan fingerprint density at radius 2 is 1.89 bits per heavy atom. The number of aromatic nitrogens is 4. The van der Waals surface area contributed by atoms with Gasteiger partial charge in [0, 0.05) is 36.1 Å². The van der Waals surface area contributed by atoms with Crippen LogP contribution in [0.5, 0.6) is 5.75 Å². The maximum Gasteiger partial charge on any atom is 0.272 e. The van der Waals surface area contributed by atoms with Gasteiger partial charge in [-0.2, -0.15) is 10.2 Å². The maximum absolute atomic E-state index is 12.4. The van der Waals surface area contributed by atoms with Crippen LogP contribution in [0.25, 0.3) is 0 Å². The predicted molar refractivity (Wildman–Crippen MR) is 108 cm³/mol. The Hall–Kier alpha value is -2.80. The molecule has 1 N–H and O–H groups in total. The first-order valence-corrected chi connectivity index (χ1v) is 9.49. The Morgan fingerprint density at radius 1 is 1.18 bits per heavy atom. The average Bonchev–Trinajstić information content (AvgIpc) is 3.29. The number of hydrogen-bond acceptors (Lipinski definition) is 4. The molecule has 0 saturated carbocycles. The molecule has 0 unspecified atom stereocenters. The van der Waals surface area contributed by atoms with Crippen LogP contribution >= 0.6 is 11.6 Å². The van der Waals surface area contributed by atoms with Crippen LogP contribution < -0.4 is 10.1 Å². The fourth-order valence-corrected chi connectivity index (χ4v) is 2.95. The number of ether oxygens (including phenoxy) is 1. The van der Waals surface area contributed by atoms with Crippen molar-refractivity contribution in [1.82, 2.24) is 24.9 Å². The summed E-state index contributed by atoms with van der Waals surface area (Å²) < 4.78 is 9.19. The molecule has 0 aliphatic carbocycles. The van der Waals surface area contributed by atoms with Gasteiger partial charge in [-0.25, -0.2) is 4.68 Å². The molecular formula is C20H24ClN5O2. The van der Waals surface area contributed by atoms with Gasteiger partial charge in [-0.3, -0.25) is 9.48 Å². The van der Waals surface area contributed by atoms with Gasteiger partial charge in [0.1, 0.15) is 11.4 Å². The topological polar surface area (TPSA) is 74.0 Å². The summed E-state index contributed by atoms with van der Waals surface area (Å²) >= 11 is 6.18. The maximum atomic E-state index is 12.4. The smallest absolute Gasteiger partial charge is 0.272 e. The van der Waals surface area contributed by atoms with Crippen LogP contribution in [0, 0.1) is 20.8 Å². The van der Waals surface area contributed by atoms with Gasteiger partial charge in [-0.15, -0.1) is 0 Å². The van der Waals surface area contributed by atoms with Crippen molar-refractivity contribution >= 4 is 17.5 Å². The van der Waals surface area contributed by atoms with Crippen LogP contribution in [-0.4, -0.2) is 25.5 Å². The lowest BCUT2D eigenvalue weighted by Crippen LogP contribution is -2.23. The molecule has 148 valence electrons. The van der Waals surface area contributed by atoms with E-state index in [0.29, 0.717) is 18.0 Å². The number of amides is 1. The van der Waals surface area contributed by atoms with E-state index in [4.69, 9.17) is 16.3 Å². The van der Waals surface area contributed by atoms with E-state index in [1.165, 1.54) is 0 Å². The lowest BCUT2D eigenvalue weighted by Gasteiger charge is -2.10. The van der Waals surface area contributed by atoms with Gasteiger partial charge in [-0.05, 0) is 57.0 Å². The number of carbonyl (C=O) groups is 1. The van der Waals surface area contributed by atoms with Crippen molar-refractivity contribution in [2.45, 2.75) is 47.5 Å². The van der Waals surface area contributed by atoms with Crippen molar-refractivity contribution in [2.75, 3.05) is 0 Å². The third-order valence-corrected chi connectivity index (χ3v) is 5.05. The van der Waals surface area contributed by atoms with Gasteiger partial charge in [0.25, 0.3) is 5.91 Å². The van der Waals surface area contributed by atoms with Gasteiger partial charge in [0.05, 0.1) is 5.69 Å². The lowest BCUT2D eigenvalue weighted by atomic mass is 10.1. The highest BCUT2D eigenvalue weighted by Gasteiger charge is 2.12. The normalized spacial score (nSPS) is 10.9. The highest BCUT2D eigenvalue weighted by Crippen LogP contribution is 2.26. The minimum atomic E-state index is -0.236. The second-order valence-corrected chi connectivity index (χ2v) is 7.04. The predicted octanol–water partition coefficient (Wildman–Crippen LogP) is 3.64. The molecule has 0 radical (unpaired) electrons. The van der Waals surface area contributed by atoms with Crippen LogP contribution in [0.2, 0.25) is 5.02 Å². The van der Waals surface area contributed by atoms with E-state index in [9.17, 15) is 4.79 Å². The molecule has 28 heavy (non-hydrogen) atoms. The highest BCUT2D eigenvalue weighted by atomic mass is 35.5. The summed E-state index contributed by atoms with van der Waals surface area (Å²) in [5.74, 6) is 0.477. The molecule has 2 heterocycles. The minimum Gasteiger partial charge on any atom is -0.471 e. The molecule has 3 rings (SSSR count). The number of rotatable bonds is 7. The quantitative estimate of drug-likeness (QED) is 0.655. The van der Waals surface area contributed by atoms with E-state index >= 15 is 0 Å². The summed E-state index contributed by atoms with van der Waals surface area (Å²) in [4.78, 5) is 12.4. The Kier molecular flexibility index (Phi) is 6.04. The summed E-state index contributed by atoms with van der Waals surface area (Å²) in [6.07, 6.45) is 3.66. The second kappa shape index (κ2) is 8.48. The molecule has 8 heteroatoms. The number of carbonyl (C=O) groups excluding carboxylic acids is 1. The van der Waals surface area contributed by atoms with Crippen molar-refractivity contribution in [3.63, 3.8) is 0 Å². The van der Waals surface area contributed by atoms with Crippen LogP contribution in [0.15, 0.2) is 30.6 Å². The van der Waals surface area contributed by atoms with E-state index in [1.54, 1.807) is 16.9 Å². The average molecular weight is 402 g/mol. The van der Waals surface area contributed by atoms with Crippen LogP contribution in [0.3, 0.4) is 0 Å². The zero-order valence-electron chi connectivity index (χ0n) is 16.5. The Morgan fingerprint density at radius 3 is 2.54 bits per heavy atom. The van der Waals surface area contributed by atoms with Crippen molar-refractivity contribution in [3.05, 3.63) is 63.7 Å². The second-order valence-electron chi connectivity index (χ2n) is 6.66. The van der Waals surface area contributed by atoms with Crippen molar-refractivity contribution in [1.29, 1.82) is 0 Å². The highest BCUT2D eigenvalue weighted by molar-refractivity contribution is 6.32. The zero-order valence-corrected chi connectivity index (χ0v) is 17.2. The molecule has 0 bridgehead atoms. The number of benzene rings is 1. The number of aryl methyl sites for hydroxylation is 4. The fraction of sp³-hybridized carbons (Fsp3) is 0.350. The SMILES string of the molecule is CCn1cc(CNC(=O)c2ccn(COc3cc(C)c(Cl)c(C)c3)n2)c(C)n1. The molecule has 0 atom stereocenters. The molecule has 0 saturated heterocycles. The molecule has 1 amide bonds. The summed E-state index contributed by atoms with van der Waals surface area (Å²) in [5.41, 5.74) is 4.16. The molecule has 3 aromatic rings. The van der Waals surface area contributed by atoms with Gasteiger partial charge in [0.15, 0.2) is 6.73 Å². The van der Waals surface area contributed by atoms with Crippen LogP contribution in [-0.2, 0) is 19.8 Å². The molecular weight excluding hydrogens is 378 g/mol. The van der Waals surface area contributed by atoms with Gasteiger partial charge < -0.3 is 10.1 Å². The lowest BCUT2D eigenvalue weighted by molar-refractivity contribution is 0.0944.